The monoisotopic (exact) mass is 260 g/mol. The van der Waals surface area contributed by atoms with Gasteiger partial charge in [-0.25, -0.2) is 0 Å². The van der Waals surface area contributed by atoms with Gasteiger partial charge < -0.3 is 5.32 Å². The normalized spacial score (nSPS) is 22.0. The van der Waals surface area contributed by atoms with Crippen LogP contribution in [0.3, 0.4) is 0 Å². The van der Waals surface area contributed by atoms with Gasteiger partial charge in [0.25, 0.3) is 0 Å². The van der Waals surface area contributed by atoms with Crippen molar-refractivity contribution in [1.29, 1.82) is 0 Å². The van der Waals surface area contributed by atoms with Crippen LogP contribution in [-0.2, 0) is 0 Å². The highest BCUT2D eigenvalue weighted by Crippen LogP contribution is 2.28. The van der Waals surface area contributed by atoms with Gasteiger partial charge in [0.15, 0.2) is 0 Å². The Morgan fingerprint density at radius 3 is 2.53 bits per heavy atom. The molecule has 0 amide bonds. The van der Waals surface area contributed by atoms with E-state index < -0.39 is 0 Å². The maximum absolute atomic E-state index is 3.64. The summed E-state index contributed by atoms with van der Waals surface area (Å²) in [4.78, 5) is 2.67. The number of nitrogens with zero attached hydrogens (tertiary/aromatic N) is 1. The fourth-order valence-electron chi connectivity index (χ4n) is 3.03. The molecule has 2 rings (SSSR count). The van der Waals surface area contributed by atoms with Gasteiger partial charge in [0, 0.05) is 18.6 Å². The number of likely N-dealkylation sites (tertiary alicyclic amines) is 1. The van der Waals surface area contributed by atoms with Crippen molar-refractivity contribution in [3.8, 4) is 0 Å². The number of benzene rings is 1. The van der Waals surface area contributed by atoms with Gasteiger partial charge in [-0.1, -0.05) is 44.2 Å². The zero-order chi connectivity index (χ0) is 13.7. The van der Waals surface area contributed by atoms with Crippen LogP contribution in [0, 0.1) is 5.92 Å². The molecule has 19 heavy (non-hydrogen) atoms. The third kappa shape index (κ3) is 4.05. The molecular weight excluding hydrogens is 232 g/mol. The molecular formula is C17H28N2. The molecule has 106 valence electrons. The molecule has 1 aliphatic heterocycles. The second-order valence-corrected chi connectivity index (χ2v) is 6.21. The quantitative estimate of drug-likeness (QED) is 0.842. The molecule has 2 heteroatoms. The number of hydrogen-bond acceptors (Lipinski definition) is 2. The van der Waals surface area contributed by atoms with Crippen molar-refractivity contribution >= 4 is 0 Å². The minimum Gasteiger partial charge on any atom is -0.315 e. The van der Waals surface area contributed by atoms with E-state index in [1.165, 1.54) is 24.9 Å². The van der Waals surface area contributed by atoms with E-state index in [1.54, 1.807) is 0 Å². The first-order valence-corrected chi connectivity index (χ1v) is 7.70. The summed E-state index contributed by atoms with van der Waals surface area (Å²) >= 11 is 0. The topological polar surface area (TPSA) is 15.3 Å². The predicted molar refractivity (Wildman–Crippen MR) is 82.3 cm³/mol. The van der Waals surface area contributed by atoms with E-state index in [0.717, 1.165) is 13.1 Å². The van der Waals surface area contributed by atoms with Crippen molar-refractivity contribution in [1.82, 2.24) is 10.2 Å². The van der Waals surface area contributed by atoms with Crippen molar-refractivity contribution in [2.75, 3.05) is 19.6 Å². The van der Waals surface area contributed by atoms with Crippen molar-refractivity contribution < 1.29 is 0 Å². The molecule has 1 N–H and O–H groups in total. The molecule has 2 atom stereocenters. The second-order valence-electron chi connectivity index (χ2n) is 6.21. The lowest BCUT2D eigenvalue weighted by molar-refractivity contribution is 0.185. The molecule has 0 spiro atoms. The molecule has 2 nitrogen and oxygen atoms in total. The summed E-state index contributed by atoms with van der Waals surface area (Å²) in [5.74, 6) is 0.715. The van der Waals surface area contributed by atoms with Crippen LogP contribution in [0.1, 0.15) is 45.2 Å². The molecule has 1 saturated heterocycles. The third-order valence-corrected chi connectivity index (χ3v) is 4.08. The van der Waals surface area contributed by atoms with Crippen molar-refractivity contribution in [3.05, 3.63) is 35.9 Å². The largest absolute Gasteiger partial charge is 0.315 e. The van der Waals surface area contributed by atoms with Crippen LogP contribution in [-0.4, -0.2) is 30.6 Å². The molecule has 1 aromatic carbocycles. The summed E-state index contributed by atoms with van der Waals surface area (Å²) in [6.07, 6.45) is 2.68. The lowest BCUT2D eigenvalue weighted by Gasteiger charge is -2.32. The summed E-state index contributed by atoms with van der Waals surface area (Å²) in [5.41, 5.74) is 1.45. The molecule has 0 radical (unpaired) electrons. The Labute approximate surface area is 118 Å². The van der Waals surface area contributed by atoms with Gasteiger partial charge in [-0.05, 0) is 44.3 Å². The van der Waals surface area contributed by atoms with E-state index >= 15 is 0 Å². The molecule has 2 unspecified atom stereocenters. The Morgan fingerprint density at radius 2 is 1.95 bits per heavy atom. The van der Waals surface area contributed by atoms with E-state index in [0.29, 0.717) is 18.0 Å². The molecule has 0 saturated carbocycles. The number of nitrogens with one attached hydrogen (secondary N) is 1. The maximum atomic E-state index is 3.64. The van der Waals surface area contributed by atoms with Gasteiger partial charge in [-0.3, -0.25) is 4.90 Å². The summed E-state index contributed by atoms with van der Waals surface area (Å²) in [7, 11) is 0. The SMILES string of the molecule is CC(C)CNCC(c1ccccc1)N1CCCC1C. The molecule has 0 bridgehead atoms. The number of hydrogen-bond donors (Lipinski definition) is 1. The predicted octanol–water partition coefficient (Wildman–Crippen LogP) is 3.46. The van der Waals surface area contributed by atoms with Crippen molar-refractivity contribution in [2.45, 2.75) is 45.7 Å². The Hall–Kier alpha value is -0.860. The Kier molecular flexibility index (Phi) is 5.41. The molecule has 1 aliphatic rings. The summed E-state index contributed by atoms with van der Waals surface area (Å²) in [6, 6.07) is 12.2. The molecule has 1 fully saturated rings. The van der Waals surface area contributed by atoms with Crippen LogP contribution < -0.4 is 5.32 Å². The highest BCUT2D eigenvalue weighted by molar-refractivity contribution is 5.20. The van der Waals surface area contributed by atoms with Crippen LogP contribution >= 0.6 is 0 Å². The number of rotatable bonds is 6. The smallest absolute Gasteiger partial charge is 0.0475 e. The van der Waals surface area contributed by atoms with Crippen LogP contribution in [0.25, 0.3) is 0 Å². The average Bonchev–Trinajstić information content (AvgIpc) is 2.82. The average molecular weight is 260 g/mol. The Bertz CT molecular complexity index is 361. The van der Waals surface area contributed by atoms with Gasteiger partial charge in [-0.15, -0.1) is 0 Å². The lowest BCUT2D eigenvalue weighted by atomic mass is 10.0. The van der Waals surface area contributed by atoms with Crippen molar-refractivity contribution in [3.63, 3.8) is 0 Å². The zero-order valence-corrected chi connectivity index (χ0v) is 12.6. The fraction of sp³-hybridized carbons (Fsp3) is 0.647. The standard InChI is InChI=1S/C17H28N2/c1-14(2)12-18-13-17(16-9-5-4-6-10-16)19-11-7-8-15(19)3/h4-6,9-10,14-15,17-18H,7-8,11-13H2,1-3H3. The third-order valence-electron chi connectivity index (χ3n) is 4.08. The van der Waals surface area contributed by atoms with E-state index in [-0.39, 0.29) is 0 Å². The Morgan fingerprint density at radius 1 is 1.21 bits per heavy atom. The van der Waals surface area contributed by atoms with Gasteiger partial charge in [0.05, 0.1) is 0 Å². The maximum Gasteiger partial charge on any atom is 0.0475 e. The van der Waals surface area contributed by atoms with Crippen LogP contribution in [0.15, 0.2) is 30.3 Å². The van der Waals surface area contributed by atoms with Crippen LogP contribution in [0.5, 0.6) is 0 Å². The molecule has 1 heterocycles. The van der Waals surface area contributed by atoms with Crippen LogP contribution in [0.2, 0.25) is 0 Å². The zero-order valence-electron chi connectivity index (χ0n) is 12.6. The summed E-state index contributed by atoms with van der Waals surface area (Å²) < 4.78 is 0. The molecule has 0 aromatic heterocycles. The van der Waals surface area contributed by atoms with Gasteiger partial charge in [-0.2, -0.15) is 0 Å². The van der Waals surface area contributed by atoms with E-state index in [2.05, 4.69) is 61.3 Å². The first kappa shape index (κ1) is 14.5. The minimum absolute atomic E-state index is 0.525. The highest BCUT2D eigenvalue weighted by Gasteiger charge is 2.28. The summed E-state index contributed by atoms with van der Waals surface area (Å²) in [5, 5.41) is 3.64. The fourth-order valence-corrected chi connectivity index (χ4v) is 3.03. The lowest BCUT2D eigenvalue weighted by Crippen LogP contribution is -2.38. The van der Waals surface area contributed by atoms with Gasteiger partial charge >= 0.3 is 0 Å². The van der Waals surface area contributed by atoms with Crippen LogP contribution in [0.4, 0.5) is 0 Å². The van der Waals surface area contributed by atoms with Gasteiger partial charge in [0.2, 0.25) is 0 Å². The first-order valence-electron chi connectivity index (χ1n) is 7.70. The first-order chi connectivity index (χ1) is 9.18. The van der Waals surface area contributed by atoms with E-state index in [4.69, 9.17) is 0 Å². The Balaban J connectivity index is 2.05. The van der Waals surface area contributed by atoms with E-state index in [1.807, 2.05) is 0 Å². The van der Waals surface area contributed by atoms with Gasteiger partial charge in [0.1, 0.15) is 0 Å². The summed E-state index contributed by atoms with van der Waals surface area (Å²) in [6.45, 7) is 10.3. The van der Waals surface area contributed by atoms with Crippen molar-refractivity contribution in [2.24, 2.45) is 5.92 Å². The highest BCUT2D eigenvalue weighted by atomic mass is 15.2. The minimum atomic E-state index is 0.525. The molecule has 1 aromatic rings. The second kappa shape index (κ2) is 7.06. The van der Waals surface area contributed by atoms with E-state index in [9.17, 15) is 0 Å². The molecule has 0 aliphatic carbocycles.